The number of alkyl halides is 3. The van der Waals surface area contributed by atoms with Crippen molar-refractivity contribution in [1.82, 2.24) is 20.2 Å². The average Bonchev–Trinajstić information content (AvgIpc) is 3.01. The predicted octanol–water partition coefficient (Wildman–Crippen LogP) is 4.25. The zero-order valence-corrected chi connectivity index (χ0v) is 23.8. The van der Waals surface area contributed by atoms with Gasteiger partial charge in [0.2, 0.25) is 5.91 Å². The molecule has 4 rings (SSSR count). The number of halogens is 4. The number of aromatic nitrogens is 2. The van der Waals surface area contributed by atoms with Gasteiger partial charge < -0.3 is 16.0 Å². The Morgan fingerprint density at radius 3 is 2.27 bits per heavy atom. The van der Waals surface area contributed by atoms with Gasteiger partial charge in [0, 0.05) is 29.3 Å². The Balaban J connectivity index is 1.89. The first-order chi connectivity index (χ1) is 20.8. The molecule has 0 bridgehead atoms. The second kappa shape index (κ2) is 13.0. The van der Waals surface area contributed by atoms with E-state index in [-0.39, 0.29) is 33.8 Å². The molecule has 1 heterocycles. The summed E-state index contributed by atoms with van der Waals surface area (Å²) in [5.41, 5.74) is -2.10. The Hall–Kier alpha value is -5.17. The maximum Gasteiger partial charge on any atom is 0.416 e. The van der Waals surface area contributed by atoms with Crippen LogP contribution in [-0.4, -0.2) is 47.3 Å². The third-order valence-electron chi connectivity index (χ3n) is 6.77. The number of nitrogens with zero attached hydrogens (tertiary/aromatic N) is 2. The van der Waals surface area contributed by atoms with Crippen molar-refractivity contribution in [2.45, 2.75) is 25.7 Å². The summed E-state index contributed by atoms with van der Waals surface area (Å²) in [5, 5.41) is 7.69. The summed E-state index contributed by atoms with van der Waals surface area (Å²) >= 11 is 0. The van der Waals surface area contributed by atoms with Crippen molar-refractivity contribution in [2.75, 3.05) is 19.4 Å². The van der Waals surface area contributed by atoms with E-state index in [1.54, 1.807) is 26.1 Å². The molecule has 0 radical (unpaired) electrons. The van der Waals surface area contributed by atoms with Gasteiger partial charge in [0.05, 0.1) is 24.3 Å². The number of hydrogen-bond donors (Lipinski definition) is 3. The molecule has 1 aromatic heterocycles. The largest absolute Gasteiger partial charge is 0.416 e. The Bertz CT molecular complexity index is 1790. The molecule has 44 heavy (non-hydrogen) atoms. The molecule has 3 aromatic carbocycles. The number of carbonyl (C=O) groups excluding carboxylic acids is 3. The third kappa shape index (κ3) is 7.06. The molecule has 0 spiro atoms. The summed E-state index contributed by atoms with van der Waals surface area (Å²) in [4.78, 5) is 56.0. The molecular formula is C31H27F4N5O4. The first-order valence-corrected chi connectivity index (χ1v) is 13.2. The minimum Gasteiger partial charge on any atom is -0.355 e. The molecule has 2 amide bonds. The van der Waals surface area contributed by atoms with E-state index in [4.69, 9.17) is 0 Å². The second-order valence-corrected chi connectivity index (χ2v) is 9.80. The SMILES string of the molecule is CNC(=O)c1cccc(-c2ncc(NC(=O)C(C)NC)c(=O)n2Cc2cc(C(=O)c3ccc(F)cc3)cc(C(F)(F)F)c2)c1. The van der Waals surface area contributed by atoms with Crippen LogP contribution in [0.4, 0.5) is 23.2 Å². The normalized spacial score (nSPS) is 12.0. The van der Waals surface area contributed by atoms with Gasteiger partial charge in [-0.3, -0.25) is 23.7 Å². The van der Waals surface area contributed by atoms with Gasteiger partial charge in [-0.05, 0) is 74.1 Å². The lowest BCUT2D eigenvalue weighted by Gasteiger charge is -2.17. The fourth-order valence-corrected chi connectivity index (χ4v) is 4.30. The predicted molar refractivity (Wildman–Crippen MR) is 155 cm³/mol. The summed E-state index contributed by atoms with van der Waals surface area (Å²) in [5.74, 6) is -2.40. The molecule has 0 fully saturated rings. The molecule has 0 aliphatic rings. The van der Waals surface area contributed by atoms with Crippen molar-refractivity contribution in [2.24, 2.45) is 0 Å². The summed E-state index contributed by atoms with van der Waals surface area (Å²) in [6.07, 6.45) is -3.72. The number of amides is 2. The zero-order chi connectivity index (χ0) is 32.2. The van der Waals surface area contributed by atoms with E-state index in [9.17, 15) is 36.7 Å². The second-order valence-electron chi connectivity index (χ2n) is 9.80. The molecule has 0 saturated heterocycles. The van der Waals surface area contributed by atoms with E-state index in [0.717, 1.165) is 41.1 Å². The van der Waals surface area contributed by atoms with E-state index in [0.29, 0.717) is 11.6 Å². The fourth-order valence-electron chi connectivity index (χ4n) is 4.30. The topological polar surface area (TPSA) is 122 Å². The molecule has 3 N–H and O–H groups in total. The number of nitrogens with one attached hydrogen (secondary N) is 3. The van der Waals surface area contributed by atoms with Crippen molar-refractivity contribution in [1.29, 1.82) is 0 Å². The molecule has 1 unspecified atom stereocenters. The van der Waals surface area contributed by atoms with Crippen LogP contribution in [0.3, 0.4) is 0 Å². The maximum atomic E-state index is 14.0. The lowest BCUT2D eigenvalue weighted by Crippen LogP contribution is -2.38. The highest BCUT2D eigenvalue weighted by molar-refractivity contribution is 6.09. The average molecular weight is 610 g/mol. The van der Waals surface area contributed by atoms with Gasteiger partial charge in [-0.15, -0.1) is 0 Å². The third-order valence-corrected chi connectivity index (χ3v) is 6.77. The van der Waals surface area contributed by atoms with Crippen molar-refractivity contribution in [3.63, 3.8) is 0 Å². The van der Waals surface area contributed by atoms with Crippen LogP contribution < -0.4 is 21.5 Å². The van der Waals surface area contributed by atoms with Gasteiger partial charge >= 0.3 is 6.18 Å². The summed E-state index contributed by atoms with van der Waals surface area (Å²) in [6, 6.07) is 12.4. The van der Waals surface area contributed by atoms with Crippen LogP contribution in [0.1, 0.15) is 44.3 Å². The fraction of sp³-hybridized carbons (Fsp3) is 0.194. The van der Waals surface area contributed by atoms with Gasteiger partial charge in [-0.1, -0.05) is 12.1 Å². The van der Waals surface area contributed by atoms with Crippen LogP contribution in [0.5, 0.6) is 0 Å². The summed E-state index contributed by atoms with van der Waals surface area (Å²) < 4.78 is 56.4. The van der Waals surface area contributed by atoms with E-state index < -0.39 is 53.3 Å². The standard InChI is InChI=1S/C31H27F4N5O4/c1-17(36-2)28(42)39-25-15-38-27(20-5-4-6-21(13-20)29(43)37-3)40(30(25)44)16-18-11-22(14-23(12-18)31(33,34)35)26(41)19-7-9-24(32)10-8-19/h4-15,17,36H,16H2,1-3H3,(H,37,43)(H,39,42). The Morgan fingerprint density at radius 2 is 1.64 bits per heavy atom. The Kier molecular flexibility index (Phi) is 9.38. The number of ketones is 1. The number of likely N-dealkylation sites (N-methyl/N-ethyl adjacent to an activating group) is 1. The molecule has 1 atom stereocenters. The van der Waals surface area contributed by atoms with E-state index in [1.807, 2.05) is 0 Å². The Morgan fingerprint density at radius 1 is 0.932 bits per heavy atom. The van der Waals surface area contributed by atoms with Gasteiger partial charge in [0.1, 0.15) is 17.3 Å². The first-order valence-electron chi connectivity index (χ1n) is 13.2. The smallest absolute Gasteiger partial charge is 0.355 e. The minimum atomic E-state index is -4.85. The molecule has 0 aliphatic carbocycles. The number of benzene rings is 3. The van der Waals surface area contributed by atoms with Crippen LogP contribution >= 0.6 is 0 Å². The Labute approximate surface area is 248 Å². The highest BCUT2D eigenvalue weighted by atomic mass is 19.4. The first kappa shape index (κ1) is 31.8. The highest BCUT2D eigenvalue weighted by Gasteiger charge is 2.32. The monoisotopic (exact) mass is 609 g/mol. The molecule has 13 heteroatoms. The van der Waals surface area contributed by atoms with Gasteiger partial charge in [-0.2, -0.15) is 13.2 Å². The van der Waals surface area contributed by atoms with Gasteiger partial charge in [0.25, 0.3) is 11.5 Å². The number of anilines is 1. The summed E-state index contributed by atoms with van der Waals surface area (Å²) in [6.45, 7) is 1.06. The zero-order valence-electron chi connectivity index (χ0n) is 23.8. The van der Waals surface area contributed by atoms with Gasteiger partial charge in [0.15, 0.2) is 5.78 Å². The van der Waals surface area contributed by atoms with Crippen molar-refractivity contribution >= 4 is 23.3 Å². The van der Waals surface area contributed by atoms with Crippen LogP contribution in [0.2, 0.25) is 0 Å². The van der Waals surface area contributed by atoms with Crippen molar-refractivity contribution in [3.05, 3.63) is 117 Å². The number of hydrogen-bond acceptors (Lipinski definition) is 6. The lowest BCUT2D eigenvalue weighted by atomic mass is 9.98. The highest BCUT2D eigenvalue weighted by Crippen LogP contribution is 2.32. The van der Waals surface area contributed by atoms with Crippen LogP contribution in [-0.2, 0) is 17.5 Å². The van der Waals surface area contributed by atoms with Gasteiger partial charge in [-0.25, -0.2) is 9.37 Å². The maximum absolute atomic E-state index is 14.0. The molecular weight excluding hydrogens is 582 g/mol. The van der Waals surface area contributed by atoms with Crippen molar-refractivity contribution in [3.8, 4) is 11.4 Å². The molecule has 0 aliphatic heterocycles. The minimum absolute atomic E-state index is 0.00996. The molecule has 0 saturated carbocycles. The van der Waals surface area contributed by atoms with Crippen LogP contribution in [0, 0.1) is 5.82 Å². The molecule has 4 aromatic rings. The van der Waals surface area contributed by atoms with Crippen molar-refractivity contribution < 1.29 is 31.9 Å². The van der Waals surface area contributed by atoms with Crippen LogP contribution in [0.25, 0.3) is 11.4 Å². The number of carbonyl (C=O) groups is 3. The number of rotatable bonds is 9. The lowest BCUT2D eigenvalue weighted by molar-refractivity contribution is -0.137. The van der Waals surface area contributed by atoms with E-state index in [1.165, 1.54) is 25.2 Å². The van der Waals surface area contributed by atoms with E-state index in [2.05, 4.69) is 20.9 Å². The summed E-state index contributed by atoms with van der Waals surface area (Å²) in [7, 11) is 2.98. The quantitative estimate of drug-likeness (QED) is 0.193. The molecule has 228 valence electrons. The molecule has 9 nitrogen and oxygen atoms in total. The van der Waals surface area contributed by atoms with Crippen LogP contribution in [0.15, 0.2) is 77.7 Å². The van der Waals surface area contributed by atoms with E-state index >= 15 is 0 Å².